The maximum Gasteiger partial charge on any atom is 0.337 e. The van der Waals surface area contributed by atoms with Crippen molar-refractivity contribution in [3.8, 4) is 22.6 Å². The molecule has 2 aromatic heterocycles. The van der Waals surface area contributed by atoms with Gasteiger partial charge in [-0.25, -0.2) is 18.7 Å². The van der Waals surface area contributed by atoms with Crippen LogP contribution in [0.1, 0.15) is 48.4 Å². The third-order valence-electron chi connectivity index (χ3n) is 9.67. The Bertz CT molecular complexity index is 2040. The maximum absolute atomic E-state index is 14.5. The number of rotatable bonds is 8. The molecular weight excluding hydrogens is 609 g/mol. The van der Waals surface area contributed by atoms with Gasteiger partial charge in [0.1, 0.15) is 11.6 Å². The van der Waals surface area contributed by atoms with Crippen molar-refractivity contribution in [3.63, 3.8) is 0 Å². The fraction of sp³-hybridized carbons (Fsp3) is 0.342. The fourth-order valence-corrected chi connectivity index (χ4v) is 7.05. The lowest BCUT2D eigenvalue weighted by molar-refractivity contribution is 0.0342. The van der Waals surface area contributed by atoms with Crippen molar-refractivity contribution in [2.24, 2.45) is 0 Å². The molecule has 7 rings (SSSR count). The molecule has 3 aromatic carbocycles. The molecule has 0 bridgehead atoms. The van der Waals surface area contributed by atoms with E-state index in [0.29, 0.717) is 38.3 Å². The van der Waals surface area contributed by atoms with E-state index in [1.54, 1.807) is 18.2 Å². The summed E-state index contributed by atoms with van der Waals surface area (Å²) in [7, 11) is 0. The van der Waals surface area contributed by atoms with E-state index in [0.717, 1.165) is 55.4 Å². The second-order valence-electron chi connectivity index (χ2n) is 13.0. The summed E-state index contributed by atoms with van der Waals surface area (Å²) in [5.41, 5.74) is 4.79. The summed E-state index contributed by atoms with van der Waals surface area (Å²) in [6.07, 6.45) is 3.95. The highest BCUT2D eigenvalue weighted by molar-refractivity contribution is 5.77. The van der Waals surface area contributed by atoms with Gasteiger partial charge in [-0.3, -0.25) is 14.3 Å². The summed E-state index contributed by atoms with van der Waals surface area (Å²) >= 11 is 0. The number of nitrogens with zero attached hydrogens (tertiary/aromatic N) is 4. The van der Waals surface area contributed by atoms with Gasteiger partial charge in [0, 0.05) is 38.3 Å². The molecule has 248 valence electrons. The van der Waals surface area contributed by atoms with Crippen molar-refractivity contribution < 1.29 is 14.2 Å². The van der Waals surface area contributed by atoms with Gasteiger partial charge >= 0.3 is 5.69 Å². The number of halogens is 1. The number of pyridine rings is 1. The van der Waals surface area contributed by atoms with Gasteiger partial charge < -0.3 is 15.2 Å². The highest BCUT2D eigenvalue weighted by Gasteiger charge is 2.27. The molecule has 1 aliphatic carbocycles. The van der Waals surface area contributed by atoms with Crippen LogP contribution in [-0.2, 0) is 17.8 Å². The number of hydrogen-bond acceptors (Lipinski definition) is 7. The molecule has 48 heavy (non-hydrogen) atoms. The van der Waals surface area contributed by atoms with Gasteiger partial charge in [0.25, 0.3) is 5.56 Å². The van der Waals surface area contributed by atoms with Crippen molar-refractivity contribution >= 4 is 11.0 Å². The van der Waals surface area contributed by atoms with Gasteiger partial charge in [0.05, 0.1) is 30.5 Å². The lowest BCUT2D eigenvalue weighted by atomic mass is 9.90. The van der Waals surface area contributed by atoms with Crippen LogP contribution >= 0.6 is 0 Å². The molecule has 0 unspecified atom stereocenters. The first-order valence-corrected chi connectivity index (χ1v) is 16.7. The number of benzene rings is 3. The first-order valence-electron chi connectivity index (χ1n) is 16.7. The van der Waals surface area contributed by atoms with E-state index >= 15 is 0 Å². The molecule has 3 heterocycles. The lowest BCUT2D eigenvalue weighted by Crippen LogP contribution is -2.44. The minimum Gasteiger partial charge on any atom is -0.508 e. The quantitative estimate of drug-likeness (QED) is 0.230. The molecule has 2 N–H and O–H groups in total. The zero-order valence-electron chi connectivity index (χ0n) is 27.1. The second-order valence-corrected chi connectivity index (χ2v) is 13.0. The smallest absolute Gasteiger partial charge is 0.337 e. The normalized spacial score (nSPS) is 18.7. The number of fused-ring (bicyclic) bond motifs is 1. The van der Waals surface area contributed by atoms with E-state index in [-0.39, 0.29) is 28.9 Å². The SMILES string of the molecule is Cc1ccc(CNC2CCC(n3c(=O)c4cc(F)cnc4n(-c4cccc(-c5ccc(O)cc5CN5CCOCC5)c4)c3=O)CC2)cc1. The average Bonchev–Trinajstić information content (AvgIpc) is 3.10. The number of phenols is 1. The molecule has 0 spiro atoms. The summed E-state index contributed by atoms with van der Waals surface area (Å²) in [5.74, 6) is -0.454. The van der Waals surface area contributed by atoms with Gasteiger partial charge in [-0.05, 0) is 85.2 Å². The number of nitrogens with one attached hydrogen (secondary N) is 1. The van der Waals surface area contributed by atoms with Gasteiger partial charge in [-0.1, -0.05) is 48.0 Å². The Balaban J connectivity index is 1.22. The third kappa shape index (κ3) is 6.69. The van der Waals surface area contributed by atoms with E-state index < -0.39 is 17.1 Å². The number of ether oxygens (including phenoxy) is 1. The number of hydrogen-bond donors (Lipinski definition) is 2. The summed E-state index contributed by atoms with van der Waals surface area (Å²) in [6, 6.07) is 22.4. The molecule has 1 saturated carbocycles. The Morgan fingerprint density at radius 2 is 1.73 bits per heavy atom. The first kappa shape index (κ1) is 31.9. The highest BCUT2D eigenvalue weighted by atomic mass is 19.1. The van der Waals surface area contributed by atoms with Crippen molar-refractivity contribution in [1.82, 2.24) is 24.3 Å². The number of aryl methyl sites for hydroxylation is 1. The van der Waals surface area contributed by atoms with E-state index in [1.807, 2.05) is 24.3 Å². The first-order chi connectivity index (χ1) is 23.3. The molecule has 1 saturated heterocycles. The Labute approximate surface area is 278 Å². The molecule has 2 fully saturated rings. The van der Waals surface area contributed by atoms with Crippen molar-refractivity contribution in [3.05, 3.63) is 122 Å². The average molecular weight is 650 g/mol. The van der Waals surface area contributed by atoms with Crippen LogP contribution in [0.4, 0.5) is 4.39 Å². The monoisotopic (exact) mass is 649 g/mol. The largest absolute Gasteiger partial charge is 0.508 e. The van der Waals surface area contributed by atoms with Crippen LogP contribution in [0.2, 0.25) is 0 Å². The van der Waals surface area contributed by atoms with Crippen LogP contribution in [0.3, 0.4) is 0 Å². The fourth-order valence-electron chi connectivity index (χ4n) is 7.05. The molecule has 10 heteroatoms. The zero-order chi connectivity index (χ0) is 33.2. The number of morpholine rings is 1. The summed E-state index contributed by atoms with van der Waals surface area (Å²) in [4.78, 5) is 34.7. The van der Waals surface area contributed by atoms with E-state index in [9.17, 15) is 19.1 Å². The number of aromatic nitrogens is 3. The molecule has 5 aromatic rings. The maximum atomic E-state index is 14.5. The van der Waals surface area contributed by atoms with E-state index in [1.165, 1.54) is 26.3 Å². The number of aromatic hydroxyl groups is 1. The molecule has 0 amide bonds. The summed E-state index contributed by atoms with van der Waals surface area (Å²) in [6.45, 7) is 6.38. The van der Waals surface area contributed by atoms with E-state index in [2.05, 4.69) is 46.4 Å². The predicted molar refractivity (Wildman–Crippen MR) is 184 cm³/mol. The lowest BCUT2D eigenvalue weighted by Gasteiger charge is -2.30. The van der Waals surface area contributed by atoms with Crippen LogP contribution in [-0.4, -0.2) is 56.5 Å². The Morgan fingerprint density at radius 1 is 0.958 bits per heavy atom. The van der Waals surface area contributed by atoms with Crippen LogP contribution in [0.15, 0.2) is 88.6 Å². The Hall–Kier alpha value is -4.64. The minimum atomic E-state index is -0.633. The standard InChI is InChI=1S/C38H40FN5O4/c1-25-5-7-26(8-6-25)22-40-30-9-11-31(12-10-30)44-37(46)35-21-29(39)23-41-36(35)43(38(44)47)32-4-2-3-27(19-32)34-14-13-33(45)20-28(34)24-42-15-17-48-18-16-42/h2-8,13-14,19-21,23,30-31,40,45H,9-12,15-18,22,24H2,1H3. The molecule has 1 aliphatic heterocycles. The van der Waals surface area contributed by atoms with Crippen LogP contribution in [0.25, 0.3) is 27.8 Å². The second kappa shape index (κ2) is 13.8. The Kier molecular flexibility index (Phi) is 9.21. The molecule has 0 atom stereocenters. The van der Waals surface area contributed by atoms with E-state index in [4.69, 9.17) is 4.74 Å². The topological polar surface area (TPSA) is 102 Å². The van der Waals surface area contributed by atoms with Crippen LogP contribution in [0.5, 0.6) is 5.75 Å². The molecule has 9 nitrogen and oxygen atoms in total. The molecule has 0 radical (unpaired) electrons. The predicted octanol–water partition coefficient (Wildman–Crippen LogP) is 5.47. The van der Waals surface area contributed by atoms with Gasteiger partial charge in [-0.15, -0.1) is 0 Å². The van der Waals surface area contributed by atoms with Gasteiger partial charge in [0.15, 0.2) is 5.65 Å². The zero-order valence-corrected chi connectivity index (χ0v) is 27.1. The van der Waals surface area contributed by atoms with Gasteiger partial charge in [-0.2, -0.15) is 0 Å². The Morgan fingerprint density at radius 3 is 2.50 bits per heavy atom. The van der Waals surface area contributed by atoms with Crippen molar-refractivity contribution in [2.75, 3.05) is 26.3 Å². The highest BCUT2D eigenvalue weighted by Crippen LogP contribution is 2.31. The van der Waals surface area contributed by atoms with Crippen LogP contribution in [0, 0.1) is 12.7 Å². The van der Waals surface area contributed by atoms with Crippen molar-refractivity contribution in [2.45, 2.75) is 57.8 Å². The van der Waals surface area contributed by atoms with Crippen molar-refractivity contribution in [1.29, 1.82) is 0 Å². The third-order valence-corrected chi connectivity index (χ3v) is 9.67. The minimum absolute atomic E-state index is 0.0669. The molecular formula is C38H40FN5O4. The molecule has 2 aliphatic rings. The van der Waals surface area contributed by atoms with Crippen LogP contribution < -0.4 is 16.6 Å². The number of phenolic OH excluding ortho intramolecular Hbond substituents is 1. The summed E-state index contributed by atoms with van der Waals surface area (Å²) in [5, 5.41) is 14.0. The summed E-state index contributed by atoms with van der Waals surface area (Å²) < 4.78 is 22.8. The van der Waals surface area contributed by atoms with Gasteiger partial charge in [0.2, 0.25) is 0 Å².